The third kappa shape index (κ3) is 3.98. The molecule has 1 aromatic heterocycles. The van der Waals surface area contributed by atoms with Crippen LogP contribution in [-0.4, -0.2) is 55.9 Å². The zero-order valence-corrected chi connectivity index (χ0v) is 13.7. The SMILES string of the molecule is CC(C(=O)NCC1CC(O)CN1Cc1ccccc1)n1cncn1. The van der Waals surface area contributed by atoms with Crippen molar-refractivity contribution in [1.29, 1.82) is 0 Å². The van der Waals surface area contributed by atoms with Gasteiger partial charge in [0.05, 0.1) is 6.10 Å². The minimum atomic E-state index is -0.401. The Hall–Kier alpha value is -2.25. The van der Waals surface area contributed by atoms with Crippen LogP contribution in [0.3, 0.4) is 0 Å². The Labute approximate surface area is 141 Å². The second-order valence-corrected chi connectivity index (χ2v) is 6.26. The fraction of sp³-hybridized carbons (Fsp3) is 0.471. The molecule has 0 saturated carbocycles. The number of nitrogens with one attached hydrogen (secondary N) is 1. The molecule has 7 nitrogen and oxygen atoms in total. The number of benzene rings is 1. The summed E-state index contributed by atoms with van der Waals surface area (Å²) in [4.78, 5) is 18.3. The molecule has 128 valence electrons. The van der Waals surface area contributed by atoms with E-state index in [1.165, 1.54) is 22.9 Å². The van der Waals surface area contributed by atoms with Crippen LogP contribution in [0.25, 0.3) is 0 Å². The van der Waals surface area contributed by atoms with Crippen molar-refractivity contribution < 1.29 is 9.90 Å². The molecule has 1 aliphatic rings. The Morgan fingerprint density at radius 2 is 2.21 bits per heavy atom. The first-order chi connectivity index (χ1) is 11.6. The van der Waals surface area contributed by atoms with Gasteiger partial charge in [0, 0.05) is 25.7 Å². The largest absolute Gasteiger partial charge is 0.392 e. The Bertz CT molecular complexity index is 646. The maximum absolute atomic E-state index is 12.3. The first-order valence-corrected chi connectivity index (χ1v) is 8.21. The molecule has 3 unspecified atom stereocenters. The molecule has 7 heteroatoms. The highest BCUT2D eigenvalue weighted by Gasteiger charge is 2.31. The van der Waals surface area contributed by atoms with E-state index in [1.54, 1.807) is 6.92 Å². The summed E-state index contributed by atoms with van der Waals surface area (Å²) in [5.41, 5.74) is 1.21. The number of carbonyl (C=O) groups is 1. The number of aromatic nitrogens is 3. The first kappa shape index (κ1) is 16.6. The zero-order chi connectivity index (χ0) is 16.9. The fourth-order valence-corrected chi connectivity index (χ4v) is 3.09. The second kappa shape index (κ2) is 7.55. The van der Waals surface area contributed by atoms with Crippen molar-refractivity contribution in [3.05, 3.63) is 48.5 Å². The maximum atomic E-state index is 12.3. The molecule has 2 N–H and O–H groups in total. The number of amides is 1. The van der Waals surface area contributed by atoms with E-state index in [-0.39, 0.29) is 18.1 Å². The number of rotatable bonds is 6. The van der Waals surface area contributed by atoms with Gasteiger partial charge < -0.3 is 10.4 Å². The normalized spacial score (nSPS) is 22.4. The van der Waals surface area contributed by atoms with Gasteiger partial charge in [-0.1, -0.05) is 30.3 Å². The molecular weight excluding hydrogens is 306 g/mol. The lowest BCUT2D eigenvalue weighted by Gasteiger charge is -2.25. The summed E-state index contributed by atoms with van der Waals surface area (Å²) >= 11 is 0. The van der Waals surface area contributed by atoms with E-state index < -0.39 is 6.04 Å². The Morgan fingerprint density at radius 3 is 2.92 bits per heavy atom. The van der Waals surface area contributed by atoms with Crippen LogP contribution in [0.4, 0.5) is 0 Å². The molecule has 0 spiro atoms. The second-order valence-electron chi connectivity index (χ2n) is 6.26. The van der Waals surface area contributed by atoms with Crippen LogP contribution in [0.1, 0.15) is 24.9 Å². The molecule has 1 fully saturated rings. The molecule has 1 aromatic carbocycles. The van der Waals surface area contributed by atoms with Crippen molar-refractivity contribution in [1.82, 2.24) is 25.0 Å². The summed E-state index contributed by atoms with van der Waals surface area (Å²) in [5, 5.41) is 17.0. The molecule has 24 heavy (non-hydrogen) atoms. The van der Waals surface area contributed by atoms with E-state index >= 15 is 0 Å². The predicted octanol–water partition coefficient (Wildman–Crippen LogP) is 0.591. The van der Waals surface area contributed by atoms with Gasteiger partial charge in [-0.2, -0.15) is 5.10 Å². The molecule has 1 amide bonds. The summed E-state index contributed by atoms with van der Waals surface area (Å²) in [6.45, 7) is 3.71. The standard InChI is InChI=1S/C17H23N5O2/c1-13(22-12-18-11-20-22)17(24)19-8-15-7-16(23)10-21(15)9-14-5-3-2-4-6-14/h2-6,11-13,15-16,23H,7-10H2,1H3,(H,19,24). The van der Waals surface area contributed by atoms with Crippen molar-refractivity contribution in [2.24, 2.45) is 0 Å². The Kier molecular flexibility index (Phi) is 5.22. The van der Waals surface area contributed by atoms with Crippen LogP contribution in [0.15, 0.2) is 43.0 Å². The van der Waals surface area contributed by atoms with Crippen molar-refractivity contribution in [2.75, 3.05) is 13.1 Å². The molecular formula is C17H23N5O2. The lowest BCUT2D eigenvalue weighted by Crippen LogP contribution is -2.41. The third-order valence-electron chi connectivity index (χ3n) is 4.46. The Morgan fingerprint density at radius 1 is 1.42 bits per heavy atom. The molecule has 2 aromatic rings. The van der Waals surface area contributed by atoms with Crippen molar-refractivity contribution >= 4 is 5.91 Å². The van der Waals surface area contributed by atoms with Crippen LogP contribution >= 0.6 is 0 Å². The predicted molar refractivity (Wildman–Crippen MR) is 89.0 cm³/mol. The van der Waals surface area contributed by atoms with Gasteiger partial charge in [0.2, 0.25) is 5.91 Å². The number of likely N-dealkylation sites (tertiary alicyclic amines) is 1. The minimum absolute atomic E-state index is 0.0958. The van der Waals surface area contributed by atoms with Crippen molar-refractivity contribution in [2.45, 2.75) is 38.1 Å². The van der Waals surface area contributed by atoms with E-state index in [4.69, 9.17) is 0 Å². The van der Waals surface area contributed by atoms with E-state index in [1.807, 2.05) is 18.2 Å². The van der Waals surface area contributed by atoms with E-state index in [9.17, 15) is 9.90 Å². The number of hydrogen-bond acceptors (Lipinski definition) is 5. The number of β-amino-alcohol motifs (C(OH)–C–C–N with tert-alkyl or cyclic N) is 1. The van der Waals surface area contributed by atoms with Crippen LogP contribution in [0.2, 0.25) is 0 Å². The number of carbonyl (C=O) groups excluding carboxylic acids is 1. The molecule has 3 rings (SSSR count). The third-order valence-corrected chi connectivity index (χ3v) is 4.46. The summed E-state index contributed by atoms with van der Waals surface area (Å²) in [7, 11) is 0. The molecule has 2 heterocycles. The lowest BCUT2D eigenvalue weighted by atomic mass is 10.1. The van der Waals surface area contributed by atoms with Crippen molar-refractivity contribution in [3.8, 4) is 0 Å². The first-order valence-electron chi connectivity index (χ1n) is 8.21. The van der Waals surface area contributed by atoms with E-state index in [0.717, 1.165) is 6.54 Å². The number of aliphatic hydroxyl groups is 1. The fourth-order valence-electron chi connectivity index (χ4n) is 3.09. The van der Waals surface area contributed by atoms with Crippen LogP contribution in [-0.2, 0) is 11.3 Å². The van der Waals surface area contributed by atoms with Gasteiger partial charge in [-0.25, -0.2) is 9.67 Å². The summed E-state index contributed by atoms with van der Waals surface area (Å²) in [6.07, 6.45) is 3.28. The zero-order valence-electron chi connectivity index (χ0n) is 13.7. The molecule has 0 bridgehead atoms. The van der Waals surface area contributed by atoms with E-state index in [2.05, 4.69) is 32.4 Å². The smallest absolute Gasteiger partial charge is 0.244 e. The van der Waals surface area contributed by atoms with Gasteiger partial charge in [-0.15, -0.1) is 0 Å². The topological polar surface area (TPSA) is 83.3 Å². The van der Waals surface area contributed by atoms with Gasteiger partial charge in [0.25, 0.3) is 0 Å². The molecule has 3 atom stereocenters. The number of aliphatic hydroxyl groups excluding tert-OH is 1. The Balaban J connectivity index is 1.55. The summed E-state index contributed by atoms with van der Waals surface area (Å²) in [6, 6.07) is 9.90. The average Bonchev–Trinajstić information content (AvgIpc) is 3.23. The quantitative estimate of drug-likeness (QED) is 0.810. The van der Waals surface area contributed by atoms with Gasteiger partial charge in [-0.3, -0.25) is 9.69 Å². The van der Waals surface area contributed by atoms with Crippen LogP contribution in [0.5, 0.6) is 0 Å². The van der Waals surface area contributed by atoms with Crippen LogP contribution in [0, 0.1) is 0 Å². The van der Waals surface area contributed by atoms with E-state index in [0.29, 0.717) is 19.5 Å². The summed E-state index contributed by atoms with van der Waals surface area (Å²) < 4.78 is 1.53. The molecule has 1 aliphatic heterocycles. The average molecular weight is 329 g/mol. The highest BCUT2D eigenvalue weighted by molar-refractivity contribution is 5.79. The number of nitrogens with zero attached hydrogens (tertiary/aromatic N) is 4. The van der Waals surface area contributed by atoms with Gasteiger partial charge in [-0.05, 0) is 18.9 Å². The highest BCUT2D eigenvalue weighted by Crippen LogP contribution is 2.20. The molecule has 0 radical (unpaired) electrons. The maximum Gasteiger partial charge on any atom is 0.244 e. The summed E-state index contributed by atoms with van der Waals surface area (Å²) in [5.74, 6) is -0.0958. The van der Waals surface area contributed by atoms with Gasteiger partial charge in [0.15, 0.2) is 0 Å². The monoisotopic (exact) mass is 329 g/mol. The molecule has 1 saturated heterocycles. The minimum Gasteiger partial charge on any atom is -0.392 e. The highest BCUT2D eigenvalue weighted by atomic mass is 16.3. The van der Waals surface area contributed by atoms with Gasteiger partial charge >= 0.3 is 0 Å². The van der Waals surface area contributed by atoms with Gasteiger partial charge in [0.1, 0.15) is 18.7 Å². The number of hydrogen-bond donors (Lipinski definition) is 2. The van der Waals surface area contributed by atoms with Crippen LogP contribution < -0.4 is 5.32 Å². The van der Waals surface area contributed by atoms with Crippen molar-refractivity contribution in [3.63, 3.8) is 0 Å². The molecule has 0 aliphatic carbocycles. The lowest BCUT2D eigenvalue weighted by molar-refractivity contribution is -0.124.